The number of rotatable bonds is 5. The van der Waals surface area contributed by atoms with Crippen LogP contribution in [-0.2, 0) is 16.1 Å². The zero-order chi connectivity index (χ0) is 15.4. The molecule has 2 heterocycles. The van der Waals surface area contributed by atoms with Crippen LogP contribution in [0.15, 0.2) is 5.38 Å². The average molecular weight is 312 g/mol. The Morgan fingerprint density at radius 2 is 2.10 bits per heavy atom. The zero-order valence-electron chi connectivity index (χ0n) is 12.0. The number of nitrogens with two attached hydrogens (primary N) is 1. The Morgan fingerprint density at radius 1 is 1.43 bits per heavy atom. The molecule has 0 radical (unpaired) electrons. The van der Waals surface area contributed by atoms with Crippen LogP contribution in [0.2, 0.25) is 0 Å². The number of aliphatic carboxylic acids is 1. The van der Waals surface area contributed by atoms with Gasteiger partial charge in [-0.3, -0.25) is 14.5 Å². The smallest absolute Gasteiger partial charge is 0.305 e. The SMILES string of the molecule is Cc1nc(CN2CCN(C(=O)C(N)CC(=O)O)CC2)cs1. The molecule has 1 fully saturated rings. The predicted octanol–water partition coefficient (Wildman–Crippen LogP) is -0.102. The van der Waals surface area contributed by atoms with Crippen LogP contribution in [-0.4, -0.2) is 64.0 Å². The first-order valence-electron chi connectivity index (χ1n) is 6.85. The molecular formula is C13H20N4O3S. The highest BCUT2D eigenvalue weighted by Gasteiger charge is 2.26. The number of nitrogens with zero attached hydrogens (tertiary/aromatic N) is 3. The summed E-state index contributed by atoms with van der Waals surface area (Å²) in [4.78, 5) is 30.9. The largest absolute Gasteiger partial charge is 0.481 e. The van der Waals surface area contributed by atoms with Crippen molar-refractivity contribution in [3.05, 3.63) is 16.1 Å². The van der Waals surface area contributed by atoms with Crippen LogP contribution in [0, 0.1) is 6.92 Å². The van der Waals surface area contributed by atoms with E-state index in [1.807, 2.05) is 6.92 Å². The third-order valence-electron chi connectivity index (χ3n) is 3.45. The maximum absolute atomic E-state index is 12.0. The Kier molecular flexibility index (Phi) is 5.27. The van der Waals surface area contributed by atoms with Crippen molar-refractivity contribution < 1.29 is 14.7 Å². The van der Waals surface area contributed by atoms with Crippen LogP contribution in [0.5, 0.6) is 0 Å². The van der Waals surface area contributed by atoms with Crippen LogP contribution in [0.3, 0.4) is 0 Å². The lowest BCUT2D eigenvalue weighted by Gasteiger charge is -2.35. The maximum atomic E-state index is 12.0. The lowest BCUT2D eigenvalue weighted by molar-refractivity contribution is -0.142. The number of carbonyl (C=O) groups excluding carboxylic acids is 1. The van der Waals surface area contributed by atoms with Gasteiger partial charge < -0.3 is 15.7 Å². The molecule has 1 aliphatic heterocycles. The van der Waals surface area contributed by atoms with E-state index < -0.39 is 12.0 Å². The summed E-state index contributed by atoms with van der Waals surface area (Å²) in [7, 11) is 0. The van der Waals surface area contributed by atoms with Crippen molar-refractivity contribution in [3.63, 3.8) is 0 Å². The second-order valence-corrected chi connectivity index (χ2v) is 6.23. The minimum Gasteiger partial charge on any atom is -0.481 e. The molecule has 1 aromatic rings. The van der Waals surface area contributed by atoms with Crippen LogP contribution in [0.25, 0.3) is 0 Å². The number of aromatic nitrogens is 1. The van der Waals surface area contributed by atoms with Gasteiger partial charge in [0.1, 0.15) is 0 Å². The van der Waals surface area contributed by atoms with Crippen molar-refractivity contribution in [2.45, 2.75) is 25.9 Å². The van der Waals surface area contributed by atoms with Gasteiger partial charge >= 0.3 is 5.97 Å². The molecular weight excluding hydrogens is 292 g/mol. The molecule has 3 N–H and O–H groups in total. The summed E-state index contributed by atoms with van der Waals surface area (Å²) in [5, 5.41) is 11.8. The van der Waals surface area contributed by atoms with Crippen LogP contribution < -0.4 is 5.73 Å². The van der Waals surface area contributed by atoms with Crippen LogP contribution >= 0.6 is 11.3 Å². The molecule has 0 bridgehead atoms. The monoisotopic (exact) mass is 312 g/mol. The van der Waals surface area contributed by atoms with Gasteiger partial charge in [0, 0.05) is 38.1 Å². The molecule has 8 heteroatoms. The molecule has 7 nitrogen and oxygen atoms in total. The number of carbonyl (C=O) groups is 2. The second-order valence-electron chi connectivity index (χ2n) is 5.16. The second kappa shape index (κ2) is 6.97. The van der Waals surface area contributed by atoms with Gasteiger partial charge in [-0.05, 0) is 6.92 Å². The summed E-state index contributed by atoms with van der Waals surface area (Å²) in [6, 6.07) is -0.949. The third kappa shape index (κ3) is 4.48. The predicted molar refractivity (Wildman–Crippen MR) is 78.9 cm³/mol. The molecule has 116 valence electrons. The number of piperazine rings is 1. The van der Waals surface area contributed by atoms with Crippen molar-refractivity contribution in [1.82, 2.24) is 14.8 Å². The first kappa shape index (κ1) is 15.9. The average Bonchev–Trinajstić information content (AvgIpc) is 2.83. The Bertz CT molecular complexity index is 511. The molecule has 1 saturated heterocycles. The summed E-state index contributed by atoms with van der Waals surface area (Å²) in [6.07, 6.45) is -0.322. The van der Waals surface area contributed by atoms with Crippen molar-refractivity contribution in [3.8, 4) is 0 Å². The number of carboxylic acids is 1. The van der Waals surface area contributed by atoms with E-state index in [0.29, 0.717) is 13.1 Å². The number of amides is 1. The normalized spacial score (nSPS) is 17.7. The Hall–Kier alpha value is -1.51. The van der Waals surface area contributed by atoms with Gasteiger partial charge in [0.05, 0.1) is 23.2 Å². The van der Waals surface area contributed by atoms with E-state index in [9.17, 15) is 9.59 Å². The third-order valence-corrected chi connectivity index (χ3v) is 4.27. The lowest BCUT2D eigenvalue weighted by Crippen LogP contribution is -2.53. The van der Waals surface area contributed by atoms with E-state index in [4.69, 9.17) is 10.8 Å². The molecule has 1 unspecified atom stereocenters. The van der Waals surface area contributed by atoms with Gasteiger partial charge in [-0.25, -0.2) is 4.98 Å². The number of hydrogen-bond donors (Lipinski definition) is 2. The number of aryl methyl sites for hydroxylation is 1. The first-order chi connectivity index (χ1) is 9.95. The highest BCUT2D eigenvalue weighted by molar-refractivity contribution is 7.09. The van der Waals surface area contributed by atoms with E-state index in [1.54, 1.807) is 16.2 Å². The molecule has 0 aromatic carbocycles. The summed E-state index contributed by atoms with van der Waals surface area (Å²) in [5.41, 5.74) is 6.67. The summed E-state index contributed by atoms with van der Waals surface area (Å²) >= 11 is 1.63. The van der Waals surface area contributed by atoms with Gasteiger partial charge in [-0.2, -0.15) is 0 Å². The topological polar surface area (TPSA) is 99.8 Å². The zero-order valence-corrected chi connectivity index (χ0v) is 12.8. The minimum absolute atomic E-state index is 0.276. The molecule has 1 aromatic heterocycles. The van der Waals surface area contributed by atoms with Crippen molar-refractivity contribution in [2.24, 2.45) is 5.73 Å². The number of carboxylic acid groups (broad SMARTS) is 1. The van der Waals surface area contributed by atoms with Crippen LogP contribution in [0.1, 0.15) is 17.1 Å². The van der Waals surface area contributed by atoms with E-state index >= 15 is 0 Å². The molecule has 1 atom stereocenters. The van der Waals surface area contributed by atoms with E-state index in [1.165, 1.54) is 0 Å². The standard InChI is InChI=1S/C13H20N4O3S/c1-9-15-10(8-21-9)7-16-2-4-17(5-3-16)13(20)11(14)6-12(18)19/h8,11H,2-7,14H2,1H3,(H,18,19). The summed E-state index contributed by atoms with van der Waals surface area (Å²) in [5.74, 6) is -1.32. The molecule has 2 rings (SSSR count). The maximum Gasteiger partial charge on any atom is 0.305 e. The fourth-order valence-electron chi connectivity index (χ4n) is 2.35. The number of hydrogen-bond acceptors (Lipinski definition) is 6. The molecule has 0 spiro atoms. The van der Waals surface area contributed by atoms with Crippen molar-refractivity contribution >= 4 is 23.2 Å². The van der Waals surface area contributed by atoms with Crippen LogP contribution in [0.4, 0.5) is 0 Å². The molecule has 1 aliphatic rings. The van der Waals surface area contributed by atoms with E-state index in [-0.39, 0.29) is 12.3 Å². The van der Waals surface area contributed by atoms with E-state index in [2.05, 4.69) is 15.3 Å². The Morgan fingerprint density at radius 3 is 2.62 bits per heavy atom. The first-order valence-corrected chi connectivity index (χ1v) is 7.73. The molecule has 1 amide bonds. The highest BCUT2D eigenvalue weighted by atomic mass is 32.1. The summed E-state index contributed by atoms with van der Waals surface area (Å²) < 4.78 is 0. The quantitative estimate of drug-likeness (QED) is 0.787. The lowest BCUT2D eigenvalue weighted by atomic mass is 10.1. The van der Waals surface area contributed by atoms with Gasteiger partial charge in [0.25, 0.3) is 0 Å². The van der Waals surface area contributed by atoms with Gasteiger partial charge in [-0.15, -0.1) is 11.3 Å². The number of thiazole rings is 1. The van der Waals surface area contributed by atoms with Crippen molar-refractivity contribution in [1.29, 1.82) is 0 Å². The molecule has 0 aliphatic carbocycles. The minimum atomic E-state index is -1.05. The van der Waals surface area contributed by atoms with Gasteiger partial charge in [0.2, 0.25) is 5.91 Å². The Labute approximate surface area is 127 Å². The van der Waals surface area contributed by atoms with Gasteiger partial charge in [-0.1, -0.05) is 0 Å². The highest BCUT2D eigenvalue weighted by Crippen LogP contribution is 2.12. The molecule has 0 saturated carbocycles. The fourth-order valence-corrected chi connectivity index (χ4v) is 2.95. The fraction of sp³-hybridized carbons (Fsp3) is 0.615. The van der Waals surface area contributed by atoms with E-state index in [0.717, 1.165) is 30.3 Å². The van der Waals surface area contributed by atoms with Crippen molar-refractivity contribution in [2.75, 3.05) is 26.2 Å². The van der Waals surface area contributed by atoms with Gasteiger partial charge in [0.15, 0.2) is 0 Å². The Balaban J connectivity index is 1.80. The summed E-state index contributed by atoms with van der Waals surface area (Å²) in [6.45, 7) is 5.43. The molecule has 21 heavy (non-hydrogen) atoms.